The van der Waals surface area contributed by atoms with Crippen LogP contribution < -0.4 is 0 Å². The fourth-order valence-electron chi connectivity index (χ4n) is 3.27. The van der Waals surface area contributed by atoms with Crippen molar-refractivity contribution in [3.8, 4) is 0 Å². The monoisotopic (exact) mass is 426 g/mol. The van der Waals surface area contributed by atoms with Gasteiger partial charge < -0.3 is 9.64 Å². The van der Waals surface area contributed by atoms with E-state index in [9.17, 15) is 28.1 Å². The van der Waals surface area contributed by atoms with Gasteiger partial charge in [-0.2, -0.15) is 0 Å². The molecule has 0 bridgehead atoms. The molecule has 1 amide bonds. The Balaban J connectivity index is 2.14. The minimum Gasteiger partial charge on any atom is -0.449 e. The zero-order valence-corrected chi connectivity index (χ0v) is 18.0. The standard InChI is InChI=1S/C19H26N2O7S/c1-12(17(22)20(5)14-8-9-29(26,27)11-14)28-18(23)13-6-7-15(19(2,3)4)16(10-13)21(24)25/h6-7,10,12,14H,8-9,11H2,1-5H3/t12-,14-/m1/s1. The van der Waals surface area contributed by atoms with Crippen molar-refractivity contribution < 1.29 is 27.7 Å². The summed E-state index contributed by atoms with van der Waals surface area (Å²) in [5.41, 5.74) is -0.238. The summed E-state index contributed by atoms with van der Waals surface area (Å²) in [5.74, 6) is -1.48. The van der Waals surface area contributed by atoms with E-state index >= 15 is 0 Å². The van der Waals surface area contributed by atoms with Gasteiger partial charge >= 0.3 is 5.97 Å². The summed E-state index contributed by atoms with van der Waals surface area (Å²) in [4.78, 5) is 37.1. The van der Waals surface area contributed by atoms with Gasteiger partial charge in [0.1, 0.15) is 0 Å². The molecule has 2 rings (SSSR count). The lowest BCUT2D eigenvalue weighted by atomic mass is 9.85. The molecule has 0 spiro atoms. The van der Waals surface area contributed by atoms with Crippen LogP contribution in [0.5, 0.6) is 0 Å². The predicted octanol–water partition coefficient (Wildman–Crippen LogP) is 2.08. The maximum absolute atomic E-state index is 12.5. The molecule has 1 aromatic carbocycles. The molecule has 10 heteroatoms. The van der Waals surface area contributed by atoms with E-state index in [2.05, 4.69) is 0 Å². The first-order valence-electron chi connectivity index (χ1n) is 9.20. The van der Waals surface area contributed by atoms with Crippen molar-refractivity contribution in [1.29, 1.82) is 0 Å². The summed E-state index contributed by atoms with van der Waals surface area (Å²) < 4.78 is 28.4. The van der Waals surface area contributed by atoms with Crippen molar-refractivity contribution in [1.82, 2.24) is 4.90 Å². The molecule has 9 nitrogen and oxygen atoms in total. The highest BCUT2D eigenvalue weighted by atomic mass is 32.2. The lowest BCUT2D eigenvalue weighted by Crippen LogP contribution is -2.44. The van der Waals surface area contributed by atoms with Gasteiger partial charge in [0.15, 0.2) is 15.9 Å². The van der Waals surface area contributed by atoms with Crippen LogP contribution in [0.2, 0.25) is 0 Å². The Kier molecular flexibility index (Phi) is 6.36. The summed E-state index contributed by atoms with van der Waals surface area (Å²) in [6, 6.07) is 3.63. The minimum atomic E-state index is -3.16. The number of likely N-dealkylation sites (N-methyl/N-ethyl adjacent to an activating group) is 1. The Bertz CT molecular complexity index is 934. The third-order valence-corrected chi connectivity index (χ3v) is 6.72. The molecule has 1 aliphatic rings. The molecule has 160 valence electrons. The normalized spacial score (nSPS) is 19.4. The number of esters is 1. The van der Waals surface area contributed by atoms with Crippen LogP contribution in [0.4, 0.5) is 5.69 Å². The van der Waals surface area contributed by atoms with Crippen molar-refractivity contribution in [3.05, 3.63) is 39.4 Å². The first-order valence-corrected chi connectivity index (χ1v) is 11.0. The molecule has 29 heavy (non-hydrogen) atoms. The predicted molar refractivity (Wildman–Crippen MR) is 107 cm³/mol. The molecule has 1 heterocycles. The Morgan fingerprint density at radius 3 is 2.41 bits per heavy atom. The molecular weight excluding hydrogens is 400 g/mol. The molecule has 0 unspecified atom stereocenters. The fourth-order valence-corrected chi connectivity index (χ4v) is 5.04. The van der Waals surface area contributed by atoms with Gasteiger partial charge in [-0.15, -0.1) is 0 Å². The number of amides is 1. The second-order valence-electron chi connectivity index (χ2n) is 8.29. The average molecular weight is 426 g/mol. The molecule has 1 fully saturated rings. The molecule has 2 atom stereocenters. The van der Waals surface area contributed by atoms with E-state index < -0.39 is 44.2 Å². The maximum Gasteiger partial charge on any atom is 0.339 e. The van der Waals surface area contributed by atoms with Gasteiger partial charge in [-0.05, 0) is 24.8 Å². The molecular formula is C19H26N2O7S. The third kappa shape index (κ3) is 5.31. The second kappa shape index (κ2) is 8.10. The Morgan fingerprint density at radius 1 is 1.31 bits per heavy atom. The molecule has 0 aliphatic carbocycles. The van der Waals surface area contributed by atoms with Crippen molar-refractivity contribution in [2.75, 3.05) is 18.6 Å². The lowest BCUT2D eigenvalue weighted by molar-refractivity contribution is -0.386. The van der Waals surface area contributed by atoms with Gasteiger partial charge in [0.25, 0.3) is 11.6 Å². The van der Waals surface area contributed by atoms with E-state index in [1.54, 1.807) is 0 Å². The largest absolute Gasteiger partial charge is 0.449 e. The number of nitrogens with zero attached hydrogens (tertiary/aromatic N) is 2. The zero-order valence-electron chi connectivity index (χ0n) is 17.2. The van der Waals surface area contributed by atoms with E-state index in [1.807, 2.05) is 20.8 Å². The summed E-state index contributed by atoms with van der Waals surface area (Å²) >= 11 is 0. The molecule has 0 aromatic heterocycles. The summed E-state index contributed by atoms with van der Waals surface area (Å²) in [6.07, 6.45) is -0.816. The molecule has 0 saturated carbocycles. The van der Waals surface area contributed by atoms with Crippen molar-refractivity contribution >= 4 is 27.4 Å². The Labute approximate surface area is 170 Å². The summed E-state index contributed by atoms with van der Waals surface area (Å²) in [7, 11) is -1.69. The molecule has 0 radical (unpaired) electrons. The van der Waals surface area contributed by atoms with Gasteiger partial charge in [-0.1, -0.05) is 26.8 Å². The highest BCUT2D eigenvalue weighted by Gasteiger charge is 2.35. The van der Waals surface area contributed by atoms with E-state index in [0.717, 1.165) is 6.07 Å². The second-order valence-corrected chi connectivity index (χ2v) is 10.5. The van der Waals surface area contributed by atoms with Gasteiger partial charge in [-0.25, -0.2) is 13.2 Å². The number of nitro benzene ring substituents is 1. The topological polar surface area (TPSA) is 124 Å². The number of carbonyl (C=O) groups is 2. The van der Waals surface area contributed by atoms with Crippen molar-refractivity contribution in [3.63, 3.8) is 0 Å². The van der Waals surface area contributed by atoms with Gasteiger partial charge in [0.2, 0.25) is 0 Å². The van der Waals surface area contributed by atoms with Gasteiger partial charge in [-0.3, -0.25) is 14.9 Å². The van der Waals surface area contributed by atoms with Crippen LogP contribution in [0, 0.1) is 10.1 Å². The number of hydrogen-bond donors (Lipinski definition) is 0. The molecule has 1 saturated heterocycles. The van der Waals surface area contributed by atoms with Crippen LogP contribution in [0.25, 0.3) is 0 Å². The van der Waals surface area contributed by atoms with E-state index in [1.165, 1.54) is 31.0 Å². The number of sulfone groups is 1. The number of nitro groups is 1. The van der Waals surface area contributed by atoms with Crippen LogP contribution >= 0.6 is 0 Å². The minimum absolute atomic E-state index is 0.0211. The summed E-state index contributed by atoms with van der Waals surface area (Å²) in [5, 5.41) is 11.4. The summed E-state index contributed by atoms with van der Waals surface area (Å²) in [6.45, 7) is 6.87. The Morgan fingerprint density at radius 2 is 1.93 bits per heavy atom. The van der Waals surface area contributed by atoms with Crippen LogP contribution in [-0.2, 0) is 24.8 Å². The van der Waals surface area contributed by atoms with Crippen LogP contribution in [0.15, 0.2) is 18.2 Å². The number of rotatable bonds is 5. The highest BCUT2D eigenvalue weighted by molar-refractivity contribution is 7.91. The number of carbonyl (C=O) groups excluding carboxylic acids is 2. The van der Waals surface area contributed by atoms with Gasteiger partial charge in [0, 0.05) is 24.7 Å². The third-order valence-electron chi connectivity index (χ3n) is 4.97. The first-order chi connectivity index (χ1) is 13.2. The molecule has 0 N–H and O–H groups in total. The fraction of sp³-hybridized carbons (Fsp3) is 0.579. The van der Waals surface area contributed by atoms with Crippen molar-refractivity contribution in [2.24, 2.45) is 0 Å². The smallest absolute Gasteiger partial charge is 0.339 e. The van der Waals surface area contributed by atoms with E-state index in [0.29, 0.717) is 12.0 Å². The Hall–Kier alpha value is -2.49. The van der Waals surface area contributed by atoms with Crippen LogP contribution in [0.3, 0.4) is 0 Å². The SMILES string of the molecule is C[C@@H](OC(=O)c1ccc(C(C)(C)C)c([N+](=O)[O-])c1)C(=O)N(C)[C@@H]1CCS(=O)(=O)C1. The number of ether oxygens (including phenoxy) is 1. The highest BCUT2D eigenvalue weighted by Crippen LogP contribution is 2.32. The van der Waals surface area contributed by atoms with Crippen LogP contribution in [-0.4, -0.2) is 60.8 Å². The molecule has 1 aliphatic heterocycles. The average Bonchev–Trinajstić information content (AvgIpc) is 2.98. The van der Waals surface area contributed by atoms with Crippen molar-refractivity contribution in [2.45, 2.75) is 51.7 Å². The van der Waals surface area contributed by atoms with Crippen LogP contribution in [0.1, 0.15) is 50.0 Å². The first kappa shape index (κ1) is 22.8. The van der Waals surface area contributed by atoms with E-state index in [-0.39, 0.29) is 22.8 Å². The zero-order chi connectivity index (χ0) is 22.1. The van der Waals surface area contributed by atoms with E-state index in [4.69, 9.17) is 4.74 Å². The maximum atomic E-state index is 12.5. The van der Waals surface area contributed by atoms with Gasteiger partial charge in [0.05, 0.1) is 22.0 Å². The quantitative estimate of drug-likeness (QED) is 0.401. The number of benzene rings is 1. The molecule has 1 aromatic rings. The lowest BCUT2D eigenvalue weighted by Gasteiger charge is -2.26. The number of hydrogen-bond acceptors (Lipinski definition) is 7.